The average molecular weight is 295 g/mol. The van der Waals surface area contributed by atoms with Gasteiger partial charge in [0.25, 0.3) is 0 Å². The first-order chi connectivity index (χ1) is 9.95. The van der Waals surface area contributed by atoms with Gasteiger partial charge in [-0.15, -0.1) is 0 Å². The Labute approximate surface area is 133 Å². The van der Waals surface area contributed by atoms with E-state index in [2.05, 4.69) is 45.0 Å². The summed E-state index contributed by atoms with van der Waals surface area (Å²) in [5.74, 6) is 1.74. The number of nitrogens with zero attached hydrogens (tertiary/aromatic N) is 1. The summed E-state index contributed by atoms with van der Waals surface area (Å²) >= 11 is 0. The van der Waals surface area contributed by atoms with Gasteiger partial charge in [0.15, 0.2) is 0 Å². The van der Waals surface area contributed by atoms with E-state index in [9.17, 15) is 0 Å². The molecule has 0 aromatic rings. The monoisotopic (exact) mass is 294 g/mol. The van der Waals surface area contributed by atoms with Crippen LogP contribution in [0.15, 0.2) is 0 Å². The van der Waals surface area contributed by atoms with Crippen LogP contribution >= 0.6 is 0 Å². The maximum Gasteiger partial charge on any atom is 0.0105 e. The molecule has 0 aromatic carbocycles. The fraction of sp³-hybridized carbons (Fsp3) is 1.00. The third-order valence-electron chi connectivity index (χ3n) is 6.29. The minimum atomic E-state index is 0.474. The minimum absolute atomic E-state index is 0.474. The summed E-state index contributed by atoms with van der Waals surface area (Å²) in [7, 11) is 2.17. The second-order valence-electron chi connectivity index (χ2n) is 8.56. The van der Waals surface area contributed by atoms with Gasteiger partial charge in [0, 0.05) is 18.6 Å². The highest BCUT2D eigenvalue weighted by molar-refractivity contribution is 4.91. The first kappa shape index (κ1) is 17.3. The van der Waals surface area contributed by atoms with Gasteiger partial charge in [0.1, 0.15) is 0 Å². The zero-order chi connectivity index (χ0) is 15.5. The molecule has 0 aliphatic heterocycles. The van der Waals surface area contributed by atoms with Crippen molar-refractivity contribution in [2.24, 2.45) is 17.3 Å². The Morgan fingerprint density at radius 1 is 1.05 bits per heavy atom. The van der Waals surface area contributed by atoms with Gasteiger partial charge in [-0.05, 0) is 62.9 Å². The summed E-state index contributed by atoms with van der Waals surface area (Å²) in [5, 5.41) is 3.62. The zero-order valence-electron chi connectivity index (χ0n) is 15.1. The molecule has 2 aliphatic carbocycles. The molecule has 0 aromatic heterocycles. The van der Waals surface area contributed by atoms with E-state index in [4.69, 9.17) is 0 Å². The van der Waals surface area contributed by atoms with Crippen LogP contribution in [-0.2, 0) is 0 Å². The van der Waals surface area contributed by atoms with Crippen molar-refractivity contribution in [3.05, 3.63) is 0 Å². The second-order valence-corrected chi connectivity index (χ2v) is 8.56. The second kappa shape index (κ2) is 7.46. The molecule has 0 radical (unpaired) electrons. The molecule has 3 atom stereocenters. The van der Waals surface area contributed by atoms with Gasteiger partial charge in [-0.25, -0.2) is 0 Å². The van der Waals surface area contributed by atoms with E-state index in [1.54, 1.807) is 0 Å². The Balaban J connectivity index is 1.99. The van der Waals surface area contributed by atoms with Crippen molar-refractivity contribution in [1.82, 2.24) is 10.2 Å². The third-order valence-corrected chi connectivity index (χ3v) is 6.29. The fourth-order valence-corrected chi connectivity index (χ4v) is 4.74. The minimum Gasteiger partial charge on any atom is -0.317 e. The van der Waals surface area contributed by atoms with Crippen molar-refractivity contribution >= 4 is 0 Å². The van der Waals surface area contributed by atoms with E-state index in [1.807, 2.05) is 0 Å². The average Bonchev–Trinajstić information content (AvgIpc) is 2.97. The van der Waals surface area contributed by atoms with Gasteiger partial charge < -0.3 is 10.2 Å². The molecule has 0 saturated heterocycles. The standard InChI is InChI=1S/C19H38N2/c1-6-21(17-9-7-8-10-17)14-15-13-16(19(2,3)4)11-12-18(15)20-5/h15-18,20H,6-14H2,1-5H3. The molecule has 21 heavy (non-hydrogen) atoms. The predicted molar refractivity (Wildman–Crippen MR) is 92.6 cm³/mol. The van der Waals surface area contributed by atoms with Crippen LogP contribution in [0, 0.1) is 17.3 Å². The van der Waals surface area contributed by atoms with Crippen LogP contribution in [0.1, 0.15) is 72.6 Å². The Morgan fingerprint density at radius 2 is 1.71 bits per heavy atom. The zero-order valence-corrected chi connectivity index (χ0v) is 15.1. The van der Waals surface area contributed by atoms with Gasteiger partial charge in [-0.3, -0.25) is 0 Å². The van der Waals surface area contributed by atoms with Crippen molar-refractivity contribution < 1.29 is 0 Å². The van der Waals surface area contributed by atoms with E-state index < -0.39 is 0 Å². The van der Waals surface area contributed by atoms with Crippen LogP contribution in [0.2, 0.25) is 0 Å². The smallest absolute Gasteiger partial charge is 0.0105 e. The first-order valence-electron chi connectivity index (χ1n) is 9.37. The van der Waals surface area contributed by atoms with Crippen LogP contribution in [0.4, 0.5) is 0 Å². The largest absolute Gasteiger partial charge is 0.317 e. The number of rotatable bonds is 5. The van der Waals surface area contributed by atoms with Gasteiger partial charge in [0.05, 0.1) is 0 Å². The SMILES string of the molecule is CCN(CC1CC(C(C)(C)C)CCC1NC)C1CCCC1. The number of hydrogen-bond acceptors (Lipinski definition) is 2. The summed E-state index contributed by atoms with van der Waals surface area (Å²) in [6.07, 6.45) is 9.96. The van der Waals surface area contributed by atoms with Crippen molar-refractivity contribution in [3.63, 3.8) is 0 Å². The number of hydrogen-bond donors (Lipinski definition) is 1. The topological polar surface area (TPSA) is 15.3 Å². The van der Waals surface area contributed by atoms with E-state index >= 15 is 0 Å². The molecule has 2 heteroatoms. The summed E-state index contributed by atoms with van der Waals surface area (Å²) in [6, 6.07) is 1.61. The van der Waals surface area contributed by atoms with Gasteiger partial charge >= 0.3 is 0 Å². The third kappa shape index (κ3) is 4.45. The maximum atomic E-state index is 3.62. The predicted octanol–water partition coefficient (Wildman–Crippen LogP) is 4.30. The van der Waals surface area contributed by atoms with E-state index in [-0.39, 0.29) is 0 Å². The van der Waals surface area contributed by atoms with Crippen molar-refractivity contribution in [1.29, 1.82) is 0 Å². The van der Waals surface area contributed by atoms with Crippen molar-refractivity contribution in [2.45, 2.75) is 84.7 Å². The van der Waals surface area contributed by atoms with Gasteiger partial charge in [-0.1, -0.05) is 40.5 Å². The molecule has 2 aliphatic rings. The quantitative estimate of drug-likeness (QED) is 0.813. The number of nitrogens with one attached hydrogen (secondary N) is 1. The van der Waals surface area contributed by atoms with Crippen LogP contribution in [0.25, 0.3) is 0 Å². The Morgan fingerprint density at radius 3 is 2.24 bits per heavy atom. The molecular formula is C19H38N2. The lowest BCUT2D eigenvalue weighted by Gasteiger charge is -2.44. The molecule has 0 amide bonds. The molecule has 3 unspecified atom stereocenters. The summed E-state index contributed by atoms with van der Waals surface area (Å²) in [6.45, 7) is 12.2. The van der Waals surface area contributed by atoms with Gasteiger partial charge in [0.2, 0.25) is 0 Å². The highest BCUT2D eigenvalue weighted by atomic mass is 15.2. The van der Waals surface area contributed by atoms with Crippen LogP contribution in [0.3, 0.4) is 0 Å². The summed E-state index contributed by atoms with van der Waals surface area (Å²) in [5.41, 5.74) is 0.474. The molecule has 2 nitrogen and oxygen atoms in total. The van der Waals surface area contributed by atoms with Crippen molar-refractivity contribution in [3.8, 4) is 0 Å². The van der Waals surface area contributed by atoms with E-state index in [0.717, 1.165) is 23.9 Å². The lowest BCUT2D eigenvalue weighted by molar-refractivity contribution is 0.0778. The Bertz CT molecular complexity index is 301. The van der Waals surface area contributed by atoms with Crippen LogP contribution in [-0.4, -0.2) is 37.1 Å². The fourth-order valence-electron chi connectivity index (χ4n) is 4.74. The molecule has 0 bridgehead atoms. The molecule has 1 N–H and O–H groups in total. The maximum absolute atomic E-state index is 3.62. The van der Waals surface area contributed by atoms with Crippen LogP contribution in [0.5, 0.6) is 0 Å². The summed E-state index contributed by atoms with van der Waals surface area (Å²) in [4.78, 5) is 2.80. The highest BCUT2D eigenvalue weighted by Crippen LogP contribution is 2.41. The summed E-state index contributed by atoms with van der Waals surface area (Å²) < 4.78 is 0. The Hall–Kier alpha value is -0.0800. The Kier molecular flexibility index (Phi) is 6.14. The van der Waals surface area contributed by atoms with Gasteiger partial charge in [-0.2, -0.15) is 0 Å². The molecule has 2 rings (SSSR count). The lowest BCUT2D eigenvalue weighted by Crippen LogP contribution is -2.48. The normalized spacial score (nSPS) is 32.0. The van der Waals surface area contributed by atoms with Crippen molar-refractivity contribution in [2.75, 3.05) is 20.1 Å². The molecule has 0 spiro atoms. The van der Waals surface area contributed by atoms with Crippen LogP contribution < -0.4 is 5.32 Å². The van der Waals surface area contributed by atoms with E-state index in [0.29, 0.717) is 5.41 Å². The molecule has 0 heterocycles. The molecule has 2 saturated carbocycles. The molecule has 2 fully saturated rings. The highest BCUT2D eigenvalue weighted by Gasteiger charge is 2.36. The van der Waals surface area contributed by atoms with E-state index in [1.165, 1.54) is 58.0 Å². The molecule has 124 valence electrons. The lowest BCUT2D eigenvalue weighted by atomic mass is 9.67. The first-order valence-corrected chi connectivity index (χ1v) is 9.37. The molecular weight excluding hydrogens is 256 g/mol.